The van der Waals surface area contributed by atoms with Crippen LogP contribution in [0, 0.1) is 0 Å². The van der Waals surface area contributed by atoms with Gasteiger partial charge in [-0.15, -0.1) is 0 Å². The van der Waals surface area contributed by atoms with Gasteiger partial charge < -0.3 is 15.8 Å². The first-order valence-electron chi connectivity index (χ1n) is 5.22. The van der Waals surface area contributed by atoms with Crippen molar-refractivity contribution >= 4 is 17.5 Å². The predicted molar refractivity (Wildman–Crippen MR) is 60.7 cm³/mol. The molecule has 0 spiro atoms. The van der Waals surface area contributed by atoms with E-state index >= 15 is 0 Å². The fourth-order valence-electron chi connectivity index (χ4n) is 1.10. The van der Waals surface area contributed by atoms with Crippen LogP contribution in [-0.4, -0.2) is 30.8 Å². The van der Waals surface area contributed by atoms with Gasteiger partial charge in [0.25, 0.3) is 5.91 Å². The van der Waals surface area contributed by atoms with Crippen molar-refractivity contribution in [1.29, 1.82) is 0 Å². The van der Waals surface area contributed by atoms with Gasteiger partial charge in [0, 0.05) is 5.69 Å². The number of rotatable bonds is 6. The van der Waals surface area contributed by atoms with E-state index in [0.717, 1.165) is 12.1 Å². The Morgan fingerprint density at radius 2 is 1.80 bits per heavy atom. The van der Waals surface area contributed by atoms with Gasteiger partial charge in [-0.05, 0) is 24.3 Å². The molecular formula is C11H10F4N2O3. The van der Waals surface area contributed by atoms with Gasteiger partial charge >= 0.3 is 18.3 Å². The molecule has 0 aliphatic carbocycles. The van der Waals surface area contributed by atoms with Crippen molar-refractivity contribution in [3.05, 3.63) is 24.3 Å². The topological polar surface area (TPSA) is 81.4 Å². The summed E-state index contributed by atoms with van der Waals surface area (Å²) in [6, 6.07) is 4.80. The van der Waals surface area contributed by atoms with Crippen LogP contribution in [0.2, 0.25) is 0 Å². The lowest BCUT2D eigenvalue weighted by Gasteiger charge is -2.14. The maximum absolute atomic E-state index is 12.7. The van der Waals surface area contributed by atoms with Gasteiger partial charge in [0.05, 0.1) is 0 Å². The third-order valence-electron chi connectivity index (χ3n) is 2.07. The van der Waals surface area contributed by atoms with Gasteiger partial charge in [-0.1, -0.05) is 0 Å². The molecule has 0 bridgehead atoms. The van der Waals surface area contributed by atoms with Crippen LogP contribution in [0.5, 0.6) is 5.75 Å². The molecule has 1 aromatic carbocycles. The standard InChI is InChI=1S/C11H10F4N2O3/c12-9(13)11(14,15)10(19)17-6-1-3-7(4-2-6)20-5-8(16)18/h1-4,9H,5H2,(H2,16,18)(H,17,19). The third kappa shape index (κ3) is 4.11. The first-order valence-corrected chi connectivity index (χ1v) is 5.22. The summed E-state index contributed by atoms with van der Waals surface area (Å²) in [5.41, 5.74) is 4.71. The Kier molecular flexibility index (Phi) is 4.89. The molecule has 9 heteroatoms. The third-order valence-corrected chi connectivity index (χ3v) is 2.07. The number of halogens is 4. The summed E-state index contributed by atoms with van der Waals surface area (Å²) in [5, 5.41) is 1.64. The van der Waals surface area contributed by atoms with Gasteiger partial charge in [-0.2, -0.15) is 8.78 Å². The molecule has 0 saturated carbocycles. The van der Waals surface area contributed by atoms with E-state index < -0.39 is 24.2 Å². The number of anilines is 1. The Hall–Kier alpha value is -2.32. The zero-order chi connectivity index (χ0) is 15.3. The fraction of sp³-hybridized carbons (Fsp3) is 0.273. The van der Waals surface area contributed by atoms with Crippen molar-refractivity contribution in [2.24, 2.45) is 5.73 Å². The highest BCUT2D eigenvalue weighted by Crippen LogP contribution is 2.25. The van der Waals surface area contributed by atoms with Crippen molar-refractivity contribution in [1.82, 2.24) is 0 Å². The van der Waals surface area contributed by atoms with Crippen molar-refractivity contribution in [3.63, 3.8) is 0 Å². The Morgan fingerprint density at radius 1 is 1.25 bits per heavy atom. The molecule has 5 nitrogen and oxygen atoms in total. The van der Waals surface area contributed by atoms with Crippen molar-refractivity contribution in [2.75, 3.05) is 11.9 Å². The minimum Gasteiger partial charge on any atom is -0.484 e. The molecule has 0 saturated heterocycles. The van der Waals surface area contributed by atoms with E-state index in [-0.39, 0.29) is 18.0 Å². The largest absolute Gasteiger partial charge is 0.484 e. The summed E-state index contributed by atoms with van der Waals surface area (Å²) < 4.78 is 54.1. The van der Waals surface area contributed by atoms with E-state index in [2.05, 4.69) is 0 Å². The van der Waals surface area contributed by atoms with Gasteiger partial charge in [-0.25, -0.2) is 8.78 Å². The minimum atomic E-state index is -4.78. The van der Waals surface area contributed by atoms with E-state index in [1.165, 1.54) is 12.1 Å². The number of hydrogen-bond donors (Lipinski definition) is 2. The SMILES string of the molecule is NC(=O)COc1ccc(NC(=O)C(F)(F)C(F)F)cc1. The molecule has 3 N–H and O–H groups in total. The molecule has 1 aromatic rings. The maximum atomic E-state index is 12.7. The minimum absolute atomic E-state index is 0.123. The van der Waals surface area contributed by atoms with Crippen LogP contribution in [0.3, 0.4) is 0 Å². The molecule has 0 radical (unpaired) electrons. The summed E-state index contributed by atoms with van der Waals surface area (Å²) >= 11 is 0. The predicted octanol–water partition coefficient (Wildman–Crippen LogP) is 1.39. The van der Waals surface area contributed by atoms with Gasteiger partial charge in [-0.3, -0.25) is 9.59 Å². The second-order valence-electron chi connectivity index (χ2n) is 3.66. The van der Waals surface area contributed by atoms with Crippen LogP contribution in [0.1, 0.15) is 0 Å². The smallest absolute Gasteiger partial charge is 0.383 e. The molecule has 0 unspecified atom stereocenters. The molecule has 110 valence electrons. The van der Waals surface area contributed by atoms with Gasteiger partial charge in [0.1, 0.15) is 5.75 Å². The van der Waals surface area contributed by atoms with Crippen LogP contribution < -0.4 is 15.8 Å². The first-order chi connectivity index (χ1) is 9.23. The maximum Gasteiger partial charge on any atom is 0.383 e. The molecule has 0 aliphatic heterocycles. The number of amides is 2. The van der Waals surface area contributed by atoms with E-state index in [9.17, 15) is 27.2 Å². The molecule has 2 amide bonds. The molecule has 20 heavy (non-hydrogen) atoms. The number of alkyl halides is 4. The van der Waals surface area contributed by atoms with E-state index in [0.29, 0.717) is 0 Å². The zero-order valence-corrected chi connectivity index (χ0v) is 9.91. The fourth-order valence-corrected chi connectivity index (χ4v) is 1.10. The van der Waals surface area contributed by atoms with Gasteiger partial charge in [0.15, 0.2) is 6.61 Å². The number of nitrogens with one attached hydrogen (secondary N) is 1. The Morgan fingerprint density at radius 3 is 2.25 bits per heavy atom. The van der Waals surface area contributed by atoms with Crippen LogP contribution in [0.15, 0.2) is 24.3 Å². The number of primary amides is 1. The summed E-state index contributed by atoms with van der Waals surface area (Å²) in [5.74, 6) is -7.40. The van der Waals surface area contributed by atoms with Crippen molar-refractivity contribution in [2.45, 2.75) is 12.3 Å². The van der Waals surface area contributed by atoms with Crippen molar-refractivity contribution in [3.8, 4) is 5.75 Å². The van der Waals surface area contributed by atoms with E-state index in [4.69, 9.17) is 10.5 Å². The van der Waals surface area contributed by atoms with Gasteiger partial charge in [0.2, 0.25) is 0 Å². The lowest BCUT2D eigenvalue weighted by atomic mass is 10.2. The first kappa shape index (κ1) is 15.7. The highest BCUT2D eigenvalue weighted by Gasteiger charge is 2.48. The number of ether oxygens (including phenoxy) is 1. The summed E-state index contributed by atoms with van der Waals surface area (Å²) in [6.07, 6.45) is -4.10. The van der Waals surface area contributed by atoms with Crippen LogP contribution in [-0.2, 0) is 9.59 Å². The Labute approximate surface area is 110 Å². The number of nitrogens with two attached hydrogens (primary N) is 1. The zero-order valence-electron chi connectivity index (χ0n) is 9.91. The number of carbonyl (C=O) groups excluding carboxylic acids is 2. The molecule has 1 rings (SSSR count). The van der Waals surface area contributed by atoms with Crippen LogP contribution >= 0.6 is 0 Å². The monoisotopic (exact) mass is 294 g/mol. The number of hydrogen-bond acceptors (Lipinski definition) is 3. The summed E-state index contributed by atoms with van der Waals surface area (Å²) in [4.78, 5) is 21.4. The Bertz CT molecular complexity index is 491. The molecular weight excluding hydrogens is 284 g/mol. The van der Waals surface area contributed by atoms with Crippen LogP contribution in [0.25, 0.3) is 0 Å². The Balaban J connectivity index is 2.66. The average Bonchev–Trinajstić information content (AvgIpc) is 2.37. The highest BCUT2D eigenvalue weighted by atomic mass is 19.3. The van der Waals surface area contributed by atoms with Crippen LogP contribution in [0.4, 0.5) is 23.2 Å². The molecule has 0 fully saturated rings. The quantitative estimate of drug-likeness (QED) is 0.778. The molecule has 0 heterocycles. The summed E-state index contributed by atoms with van der Waals surface area (Å²) in [6.45, 7) is -0.380. The molecule has 0 aromatic heterocycles. The lowest BCUT2D eigenvalue weighted by Crippen LogP contribution is -2.40. The number of carbonyl (C=O) groups is 2. The second kappa shape index (κ2) is 6.22. The van der Waals surface area contributed by atoms with E-state index in [1.807, 2.05) is 0 Å². The lowest BCUT2D eigenvalue weighted by molar-refractivity contribution is -0.163. The average molecular weight is 294 g/mol. The molecule has 0 aliphatic rings. The molecule has 0 atom stereocenters. The number of benzene rings is 1. The van der Waals surface area contributed by atoms with Crippen molar-refractivity contribution < 1.29 is 31.9 Å². The summed E-state index contributed by atoms with van der Waals surface area (Å²) in [7, 11) is 0. The highest BCUT2D eigenvalue weighted by molar-refractivity contribution is 5.96. The second-order valence-corrected chi connectivity index (χ2v) is 3.66. The normalized spacial score (nSPS) is 11.2. The van der Waals surface area contributed by atoms with E-state index in [1.54, 1.807) is 5.32 Å².